The lowest BCUT2D eigenvalue weighted by atomic mass is 10.4. The summed E-state index contributed by atoms with van der Waals surface area (Å²) in [6.07, 6.45) is -3.13. The first-order valence-electron chi connectivity index (χ1n) is 3.40. The topological polar surface area (TPSA) is 39.4 Å². The van der Waals surface area contributed by atoms with Crippen LogP contribution in [0.15, 0.2) is 23.3 Å². The number of rotatable bonds is 0. The number of amidine groups is 1. The fraction of sp³-hybridized carbons (Fsp3) is 0.143. The monoisotopic (exact) mass is 186 g/mol. The second-order valence-corrected chi connectivity index (χ2v) is 2.39. The molecule has 0 aliphatic carbocycles. The van der Waals surface area contributed by atoms with Gasteiger partial charge in [-0.15, -0.1) is 0 Å². The van der Waals surface area contributed by atoms with Crippen molar-refractivity contribution in [1.29, 1.82) is 0 Å². The van der Waals surface area contributed by atoms with Crippen LogP contribution in [0.3, 0.4) is 0 Å². The highest BCUT2D eigenvalue weighted by Gasteiger charge is 2.40. The average Bonchev–Trinajstić information content (AvgIpc) is 2.45. The van der Waals surface area contributed by atoms with E-state index in [-0.39, 0.29) is 11.5 Å². The summed E-state index contributed by atoms with van der Waals surface area (Å²) >= 11 is 0. The van der Waals surface area contributed by atoms with E-state index in [1.165, 1.54) is 18.3 Å². The highest BCUT2D eigenvalue weighted by molar-refractivity contribution is 5.98. The van der Waals surface area contributed by atoms with Crippen LogP contribution in [0.4, 0.5) is 24.7 Å². The van der Waals surface area contributed by atoms with E-state index in [1.54, 1.807) is 0 Å². The molecule has 1 aromatic heterocycles. The number of alkyl halides is 3. The second kappa shape index (κ2) is 2.45. The zero-order valence-electron chi connectivity index (χ0n) is 6.21. The molecule has 0 fully saturated rings. The molecule has 0 saturated carbocycles. The number of halogens is 3. The molecule has 3 nitrogen and oxygen atoms in total. The SMILES string of the molecule is FC(F)(F)C1=Nc2cccnc2[N]1. The van der Waals surface area contributed by atoms with Crippen LogP contribution >= 0.6 is 0 Å². The molecule has 1 radical (unpaired) electrons. The van der Waals surface area contributed by atoms with Crippen molar-refractivity contribution in [2.75, 3.05) is 0 Å². The van der Waals surface area contributed by atoms with E-state index in [1.807, 2.05) is 0 Å². The maximum atomic E-state index is 12.1. The number of nitrogens with zero attached hydrogens (tertiary/aromatic N) is 3. The normalized spacial score (nSPS) is 14.8. The Hall–Kier alpha value is -1.59. The summed E-state index contributed by atoms with van der Waals surface area (Å²) in [5.74, 6) is -1.11. The van der Waals surface area contributed by atoms with Gasteiger partial charge in [0.2, 0.25) is 5.84 Å². The maximum Gasteiger partial charge on any atom is 0.451 e. The van der Waals surface area contributed by atoms with E-state index >= 15 is 0 Å². The van der Waals surface area contributed by atoms with E-state index in [0.717, 1.165) is 0 Å². The molecule has 0 bridgehead atoms. The van der Waals surface area contributed by atoms with E-state index in [2.05, 4.69) is 15.3 Å². The molecule has 0 amide bonds. The Morgan fingerprint density at radius 2 is 2.00 bits per heavy atom. The summed E-state index contributed by atoms with van der Waals surface area (Å²) in [6.45, 7) is 0. The van der Waals surface area contributed by atoms with Gasteiger partial charge in [-0.2, -0.15) is 13.2 Å². The van der Waals surface area contributed by atoms with E-state index in [9.17, 15) is 13.2 Å². The fourth-order valence-electron chi connectivity index (χ4n) is 0.928. The Labute approximate surface area is 71.3 Å². The number of fused-ring (bicyclic) bond motifs is 1. The number of hydrogen-bond donors (Lipinski definition) is 0. The lowest BCUT2D eigenvalue weighted by Crippen LogP contribution is -2.27. The van der Waals surface area contributed by atoms with Crippen LogP contribution in [0, 0.1) is 0 Å². The Morgan fingerprint density at radius 1 is 1.23 bits per heavy atom. The zero-order chi connectivity index (χ0) is 9.47. The molecule has 2 heterocycles. The molecule has 6 heteroatoms. The predicted octanol–water partition coefficient (Wildman–Crippen LogP) is 1.92. The van der Waals surface area contributed by atoms with Crippen molar-refractivity contribution in [2.24, 2.45) is 4.99 Å². The van der Waals surface area contributed by atoms with Crippen molar-refractivity contribution < 1.29 is 13.2 Å². The van der Waals surface area contributed by atoms with Gasteiger partial charge in [-0.1, -0.05) is 0 Å². The highest BCUT2D eigenvalue weighted by Crippen LogP contribution is 2.32. The number of pyridine rings is 1. The van der Waals surface area contributed by atoms with Gasteiger partial charge in [0, 0.05) is 6.20 Å². The number of aliphatic imine (C=N–C) groups is 1. The molecule has 13 heavy (non-hydrogen) atoms. The molecule has 0 spiro atoms. The lowest BCUT2D eigenvalue weighted by Gasteiger charge is -2.02. The fourth-order valence-corrected chi connectivity index (χ4v) is 0.928. The first-order valence-corrected chi connectivity index (χ1v) is 3.40. The van der Waals surface area contributed by atoms with Crippen LogP contribution in [0.2, 0.25) is 0 Å². The molecule has 0 unspecified atom stereocenters. The molecule has 0 atom stereocenters. The molecule has 0 saturated heterocycles. The van der Waals surface area contributed by atoms with Gasteiger partial charge in [-0.25, -0.2) is 15.3 Å². The Bertz CT molecular complexity index is 369. The van der Waals surface area contributed by atoms with Crippen molar-refractivity contribution in [3.05, 3.63) is 18.3 Å². The highest BCUT2D eigenvalue weighted by atomic mass is 19.4. The molecule has 0 aromatic carbocycles. The van der Waals surface area contributed by atoms with Crippen molar-refractivity contribution in [3.63, 3.8) is 0 Å². The first kappa shape index (κ1) is 8.03. The summed E-state index contributed by atoms with van der Waals surface area (Å²) in [6, 6.07) is 2.95. The molecular formula is C7H3F3N3. The maximum absolute atomic E-state index is 12.1. The van der Waals surface area contributed by atoms with Gasteiger partial charge in [-0.05, 0) is 12.1 Å². The molecule has 2 rings (SSSR count). The third-order valence-electron chi connectivity index (χ3n) is 1.46. The standard InChI is InChI=1S/C7H3F3N3/c8-7(9,10)6-12-4-2-1-3-11-5(4)13-6/h1-3H. The second-order valence-electron chi connectivity index (χ2n) is 2.39. The van der Waals surface area contributed by atoms with E-state index < -0.39 is 12.0 Å². The summed E-state index contributed by atoms with van der Waals surface area (Å²) in [5, 5.41) is 3.24. The van der Waals surface area contributed by atoms with E-state index in [0.29, 0.717) is 0 Å². The summed E-state index contributed by atoms with van der Waals surface area (Å²) < 4.78 is 36.2. The Kier molecular flexibility index (Phi) is 1.51. The van der Waals surface area contributed by atoms with Crippen LogP contribution in [-0.4, -0.2) is 17.0 Å². The quantitative estimate of drug-likeness (QED) is 0.610. The zero-order valence-corrected chi connectivity index (χ0v) is 6.21. The van der Waals surface area contributed by atoms with Gasteiger partial charge in [0.1, 0.15) is 5.69 Å². The Morgan fingerprint density at radius 3 is 2.62 bits per heavy atom. The van der Waals surface area contributed by atoms with Gasteiger partial charge in [-0.3, -0.25) is 0 Å². The summed E-state index contributed by atoms with van der Waals surface area (Å²) in [4.78, 5) is 6.93. The van der Waals surface area contributed by atoms with Crippen molar-refractivity contribution >= 4 is 17.3 Å². The van der Waals surface area contributed by atoms with Gasteiger partial charge in [0.25, 0.3) is 0 Å². The molecule has 0 N–H and O–H groups in total. The predicted molar refractivity (Wildman–Crippen MR) is 39.2 cm³/mol. The van der Waals surface area contributed by atoms with Gasteiger partial charge < -0.3 is 0 Å². The third kappa shape index (κ3) is 1.34. The van der Waals surface area contributed by atoms with Crippen LogP contribution in [0.25, 0.3) is 0 Å². The minimum absolute atomic E-state index is 0.0230. The van der Waals surface area contributed by atoms with Crippen molar-refractivity contribution in [1.82, 2.24) is 10.3 Å². The first-order chi connectivity index (χ1) is 6.07. The van der Waals surface area contributed by atoms with Crippen molar-refractivity contribution in [2.45, 2.75) is 6.18 Å². The summed E-state index contributed by atoms with van der Waals surface area (Å²) in [7, 11) is 0. The molecular weight excluding hydrogens is 183 g/mol. The summed E-state index contributed by atoms with van der Waals surface area (Å²) in [5.41, 5.74) is 0.162. The average molecular weight is 186 g/mol. The minimum Gasteiger partial charge on any atom is -0.235 e. The molecule has 1 aliphatic heterocycles. The Balaban J connectivity index is 2.37. The van der Waals surface area contributed by atoms with Gasteiger partial charge in [0.05, 0.1) is 0 Å². The van der Waals surface area contributed by atoms with Crippen LogP contribution < -0.4 is 5.32 Å². The molecule has 1 aromatic rings. The number of aromatic nitrogens is 1. The van der Waals surface area contributed by atoms with E-state index in [4.69, 9.17) is 0 Å². The van der Waals surface area contributed by atoms with Crippen LogP contribution in [-0.2, 0) is 0 Å². The van der Waals surface area contributed by atoms with Crippen LogP contribution in [0.1, 0.15) is 0 Å². The van der Waals surface area contributed by atoms with Gasteiger partial charge in [0.15, 0.2) is 5.82 Å². The largest absolute Gasteiger partial charge is 0.451 e. The molecule has 67 valence electrons. The number of hydrogen-bond acceptors (Lipinski definition) is 2. The third-order valence-corrected chi connectivity index (χ3v) is 1.46. The van der Waals surface area contributed by atoms with Crippen LogP contribution in [0.5, 0.6) is 0 Å². The van der Waals surface area contributed by atoms with Crippen molar-refractivity contribution in [3.8, 4) is 0 Å². The minimum atomic E-state index is -4.50. The molecule has 1 aliphatic rings. The van der Waals surface area contributed by atoms with Gasteiger partial charge >= 0.3 is 6.18 Å². The lowest BCUT2D eigenvalue weighted by molar-refractivity contribution is -0.0609. The smallest absolute Gasteiger partial charge is 0.235 e.